The average Bonchev–Trinajstić information content (AvgIpc) is 3.06. The summed E-state index contributed by atoms with van der Waals surface area (Å²) in [4.78, 5) is 5.02. The van der Waals surface area contributed by atoms with E-state index in [0.717, 1.165) is 16.9 Å². The Hall–Kier alpha value is -2.91. The van der Waals surface area contributed by atoms with E-state index in [4.69, 9.17) is 9.40 Å². The van der Waals surface area contributed by atoms with Gasteiger partial charge in [-0.2, -0.15) is 0 Å². The summed E-state index contributed by atoms with van der Waals surface area (Å²) >= 11 is 0. The molecule has 6 rings (SSSR count). The van der Waals surface area contributed by atoms with Crippen LogP contribution >= 0.6 is 0 Å². The van der Waals surface area contributed by atoms with Crippen LogP contribution < -0.4 is 5.19 Å². The minimum absolute atomic E-state index is 0.199. The van der Waals surface area contributed by atoms with E-state index in [1.165, 1.54) is 43.4 Å². The summed E-state index contributed by atoms with van der Waals surface area (Å²) in [7, 11) is -1.57. The Morgan fingerprint density at radius 2 is 1.67 bits per heavy atom. The molecule has 0 aliphatic heterocycles. The van der Waals surface area contributed by atoms with Crippen LogP contribution in [0, 0.1) is 0 Å². The van der Waals surface area contributed by atoms with Crippen molar-refractivity contribution in [2.75, 3.05) is 0 Å². The molecule has 0 saturated carbocycles. The fourth-order valence-corrected chi connectivity index (χ4v) is 6.81. The Labute approximate surface area is 177 Å². The van der Waals surface area contributed by atoms with Crippen LogP contribution in [0.5, 0.6) is 0 Å². The molecule has 3 heteroatoms. The Bertz CT molecular complexity index is 1500. The van der Waals surface area contributed by atoms with Crippen molar-refractivity contribution in [1.29, 1.82) is 0 Å². The van der Waals surface area contributed by atoms with Crippen LogP contribution in [0.3, 0.4) is 0 Å². The molecule has 2 nitrogen and oxygen atoms in total. The molecule has 3 aromatic carbocycles. The second-order valence-corrected chi connectivity index (χ2v) is 15.1. The SMILES string of the molecule is CC1(C)c2c(ncc3ccccc23)-c2cccc3oc4c([Si](C)(C)C)ccc1c4c23. The number of nitrogens with zero attached hydrogens (tertiary/aromatic N) is 1. The van der Waals surface area contributed by atoms with Gasteiger partial charge in [0.1, 0.15) is 11.2 Å². The maximum absolute atomic E-state index is 6.57. The zero-order chi connectivity index (χ0) is 20.8. The Morgan fingerprint density at radius 3 is 2.47 bits per heavy atom. The number of aromatic nitrogens is 1. The van der Waals surface area contributed by atoms with Crippen molar-refractivity contribution in [3.05, 3.63) is 71.9 Å². The van der Waals surface area contributed by atoms with E-state index < -0.39 is 8.07 Å². The first kappa shape index (κ1) is 17.9. The third-order valence-corrected chi connectivity index (χ3v) is 8.82. The van der Waals surface area contributed by atoms with Crippen molar-refractivity contribution in [2.45, 2.75) is 38.9 Å². The smallest absolute Gasteiger partial charge is 0.136 e. The zero-order valence-electron chi connectivity index (χ0n) is 18.1. The molecular formula is C27H25NOSi. The highest BCUT2D eigenvalue weighted by molar-refractivity contribution is 6.90. The molecule has 2 heterocycles. The predicted molar refractivity (Wildman–Crippen MR) is 130 cm³/mol. The minimum atomic E-state index is -1.57. The molecule has 0 fully saturated rings. The number of hydrogen-bond donors (Lipinski definition) is 0. The quantitative estimate of drug-likeness (QED) is 0.280. The maximum Gasteiger partial charge on any atom is 0.136 e. The first-order chi connectivity index (χ1) is 14.3. The van der Waals surface area contributed by atoms with Crippen LogP contribution in [0.2, 0.25) is 19.6 Å². The number of benzene rings is 3. The highest BCUT2D eigenvalue weighted by Gasteiger charge is 2.37. The monoisotopic (exact) mass is 407 g/mol. The third-order valence-electron chi connectivity index (χ3n) is 6.81. The lowest BCUT2D eigenvalue weighted by Crippen LogP contribution is -2.38. The van der Waals surface area contributed by atoms with E-state index >= 15 is 0 Å². The average molecular weight is 408 g/mol. The summed E-state index contributed by atoms with van der Waals surface area (Å²) in [6.07, 6.45) is 2.02. The van der Waals surface area contributed by atoms with Gasteiger partial charge >= 0.3 is 0 Å². The lowest BCUT2D eigenvalue weighted by atomic mass is 9.75. The predicted octanol–water partition coefficient (Wildman–Crippen LogP) is 6.99. The van der Waals surface area contributed by atoms with E-state index in [9.17, 15) is 0 Å². The second-order valence-electron chi connectivity index (χ2n) is 10.1. The van der Waals surface area contributed by atoms with Gasteiger partial charge in [-0.3, -0.25) is 4.98 Å². The van der Waals surface area contributed by atoms with Gasteiger partial charge < -0.3 is 4.42 Å². The summed E-state index contributed by atoms with van der Waals surface area (Å²) in [6.45, 7) is 11.9. The van der Waals surface area contributed by atoms with Gasteiger partial charge in [-0.15, -0.1) is 0 Å². The highest BCUT2D eigenvalue weighted by atomic mass is 28.3. The van der Waals surface area contributed by atoms with Gasteiger partial charge in [-0.1, -0.05) is 82.0 Å². The Balaban J connectivity index is 1.90. The van der Waals surface area contributed by atoms with Gasteiger partial charge in [0, 0.05) is 33.3 Å². The van der Waals surface area contributed by atoms with Gasteiger partial charge in [-0.05, 0) is 27.8 Å². The second kappa shape index (κ2) is 5.61. The standard InChI is InChI=1S/C27H25NOSi/c1-27(2)19-13-14-21(30(3,4)5)26-23(19)22-18(11-8-12-20(22)29-26)25-24(27)17-10-7-6-9-16(17)15-28-25/h6-15H,1-5H3. The first-order valence-electron chi connectivity index (χ1n) is 10.7. The topological polar surface area (TPSA) is 26.0 Å². The summed E-state index contributed by atoms with van der Waals surface area (Å²) in [5.41, 5.74) is 6.76. The molecule has 0 amide bonds. The highest BCUT2D eigenvalue weighted by Crippen LogP contribution is 2.50. The van der Waals surface area contributed by atoms with E-state index in [1.54, 1.807) is 0 Å². The van der Waals surface area contributed by atoms with Crippen molar-refractivity contribution >= 4 is 46.0 Å². The van der Waals surface area contributed by atoms with Crippen molar-refractivity contribution in [2.24, 2.45) is 0 Å². The summed E-state index contributed by atoms with van der Waals surface area (Å²) in [5, 5.41) is 6.37. The van der Waals surface area contributed by atoms with Gasteiger partial charge in [0.25, 0.3) is 0 Å². The third kappa shape index (κ3) is 2.16. The molecule has 1 aliphatic carbocycles. The van der Waals surface area contributed by atoms with Crippen LogP contribution in [-0.2, 0) is 5.41 Å². The van der Waals surface area contributed by atoms with Gasteiger partial charge in [0.2, 0.25) is 0 Å². The molecule has 30 heavy (non-hydrogen) atoms. The first-order valence-corrected chi connectivity index (χ1v) is 14.2. The molecule has 0 N–H and O–H groups in total. The Morgan fingerprint density at radius 1 is 0.867 bits per heavy atom. The van der Waals surface area contributed by atoms with E-state index in [2.05, 4.69) is 88.1 Å². The number of rotatable bonds is 1. The van der Waals surface area contributed by atoms with Crippen LogP contribution in [-0.4, -0.2) is 13.1 Å². The summed E-state index contributed by atoms with van der Waals surface area (Å²) in [5.74, 6) is 0. The molecule has 5 aromatic rings. The van der Waals surface area contributed by atoms with Gasteiger partial charge in [0.15, 0.2) is 0 Å². The number of fused-ring (bicyclic) bond motifs is 4. The van der Waals surface area contributed by atoms with E-state index in [0.29, 0.717) is 0 Å². The number of hydrogen-bond acceptors (Lipinski definition) is 2. The fourth-order valence-electron chi connectivity index (χ4n) is 5.36. The van der Waals surface area contributed by atoms with Crippen molar-refractivity contribution in [3.63, 3.8) is 0 Å². The van der Waals surface area contributed by atoms with Crippen molar-refractivity contribution in [3.8, 4) is 11.3 Å². The van der Waals surface area contributed by atoms with Crippen LogP contribution in [0.15, 0.2) is 65.2 Å². The number of furan rings is 1. The zero-order valence-corrected chi connectivity index (χ0v) is 19.1. The normalized spacial score (nSPS) is 15.1. The molecule has 0 bridgehead atoms. The molecule has 1 aliphatic rings. The van der Waals surface area contributed by atoms with Crippen LogP contribution in [0.25, 0.3) is 44.0 Å². The molecular weight excluding hydrogens is 382 g/mol. The molecule has 148 valence electrons. The lowest BCUT2D eigenvalue weighted by Gasteiger charge is -2.29. The molecule has 2 aromatic heterocycles. The molecule has 0 unspecified atom stereocenters. The fraction of sp³-hybridized carbons (Fsp3) is 0.222. The maximum atomic E-state index is 6.57. The molecule has 0 radical (unpaired) electrons. The van der Waals surface area contributed by atoms with Crippen molar-refractivity contribution in [1.82, 2.24) is 4.98 Å². The molecule has 0 atom stereocenters. The van der Waals surface area contributed by atoms with Crippen molar-refractivity contribution < 1.29 is 4.42 Å². The summed E-state index contributed by atoms with van der Waals surface area (Å²) in [6, 6.07) is 19.7. The largest absolute Gasteiger partial charge is 0.456 e. The molecule has 0 spiro atoms. The van der Waals surface area contributed by atoms with Gasteiger partial charge in [-0.25, -0.2) is 0 Å². The van der Waals surface area contributed by atoms with Crippen LogP contribution in [0.4, 0.5) is 0 Å². The van der Waals surface area contributed by atoms with Gasteiger partial charge in [0.05, 0.1) is 13.8 Å². The Kier molecular flexibility index (Phi) is 3.35. The molecule has 0 saturated heterocycles. The lowest BCUT2D eigenvalue weighted by molar-refractivity contribution is 0.647. The summed E-state index contributed by atoms with van der Waals surface area (Å²) < 4.78 is 6.57. The van der Waals surface area contributed by atoms with E-state index in [1.807, 2.05) is 6.20 Å². The minimum Gasteiger partial charge on any atom is -0.456 e. The van der Waals surface area contributed by atoms with Crippen LogP contribution in [0.1, 0.15) is 25.0 Å². The number of pyridine rings is 1. The van der Waals surface area contributed by atoms with E-state index in [-0.39, 0.29) is 5.41 Å².